The van der Waals surface area contributed by atoms with E-state index in [9.17, 15) is 4.79 Å². The van der Waals surface area contributed by atoms with Crippen molar-refractivity contribution in [3.05, 3.63) is 46.7 Å². The van der Waals surface area contributed by atoms with Gasteiger partial charge in [-0.25, -0.2) is 9.13 Å². The Morgan fingerprint density at radius 3 is 3.00 bits per heavy atom. The van der Waals surface area contributed by atoms with Gasteiger partial charge in [0.2, 0.25) is 6.33 Å². The van der Waals surface area contributed by atoms with E-state index in [1.165, 1.54) is 0 Å². The minimum atomic E-state index is -0.118. The summed E-state index contributed by atoms with van der Waals surface area (Å²) in [4.78, 5) is 14.6. The molecule has 0 saturated heterocycles. The van der Waals surface area contributed by atoms with Crippen LogP contribution in [0.25, 0.3) is 6.08 Å². The molecule has 2 aromatic rings. The number of amides is 1. The topological polar surface area (TPSA) is 53.7 Å². The monoisotopic (exact) mass is 323 g/mol. The first kappa shape index (κ1) is 13.6. The Balaban J connectivity index is 1.87. The summed E-state index contributed by atoms with van der Waals surface area (Å²) in [5, 5.41) is 2.81. The third-order valence-corrected chi connectivity index (χ3v) is 3.12. The van der Waals surface area contributed by atoms with E-state index in [0.717, 1.165) is 10.2 Å². The van der Waals surface area contributed by atoms with E-state index < -0.39 is 0 Å². The Labute approximate surface area is 120 Å². The largest absolute Gasteiger partial charge is 0.356 e. The number of imidazole rings is 1. The van der Waals surface area contributed by atoms with Gasteiger partial charge in [-0.3, -0.25) is 4.79 Å². The summed E-state index contributed by atoms with van der Waals surface area (Å²) < 4.78 is 4.86. The lowest BCUT2D eigenvalue weighted by Gasteiger charge is -1.98. The van der Waals surface area contributed by atoms with E-state index in [0.29, 0.717) is 12.2 Å². The van der Waals surface area contributed by atoms with Crippen molar-refractivity contribution in [3.63, 3.8) is 0 Å². The van der Waals surface area contributed by atoms with E-state index in [4.69, 9.17) is 0 Å². The number of carbonyl (C=O) groups excluding carboxylic acids is 1. The molecule has 0 aliphatic heterocycles. The molecule has 2 aromatic heterocycles. The smallest absolute Gasteiger partial charge is 0.267 e. The maximum absolute atomic E-state index is 11.7. The summed E-state index contributed by atoms with van der Waals surface area (Å²) >= 11 is 3.29. The highest BCUT2D eigenvalue weighted by Gasteiger charge is 2.06. The standard InChI is InChI=1S/C13H15BrN4O/c1-17-8-11(18(2)9-17)4-3-5-15-13(19)12-6-10(14)7-16-12/h3-4,6-9H,5H2,1-2H3,(H-,15,16,19)/p+1/b4-3-. The summed E-state index contributed by atoms with van der Waals surface area (Å²) in [7, 11) is 3.96. The van der Waals surface area contributed by atoms with E-state index in [1.807, 2.05) is 47.9 Å². The van der Waals surface area contributed by atoms with Gasteiger partial charge in [0.1, 0.15) is 11.9 Å². The zero-order chi connectivity index (χ0) is 13.8. The molecule has 0 fully saturated rings. The van der Waals surface area contributed by atoms with Crippen LogP contribution < -0.4 is 9.88 Å². The molecule has 19 heavy (non-hydrogen) atoms. The van der Waals surface area contributed by atoms with Gasteiger partial charge in [-0.15, -0.1) is 0 Å². The number of carbonyl (C=O) groups is 1. The van der Waals surface area contributed by atoms with Crippen LogP contribution >= 0.6 is 15.9 Å². The van der Waals surface area contributed by atoms with E-state index >= 15 is 0 Å². The number of aromatic nitrogens is 3. The molecule has 100 valence electrons. The van der Waals surface area contributed by atoms with Gasteiger partial charge in [0.05, 0.1) is 14.1 Å². The second-order valence-corrected chi connectivity index (χ2v) is 5.21. The molecule has 0 aliphatic carbocycles. The van der Waals surface area contributed by atoms with Crippen molar-refractivity contribution in [2.75, 3.05) is 6.54 Å². The lowest BCUT2D eigenvalue weighted by molar-refractivity contribution is -0.671. The lowest BCUT2D eigenvalue weighted by Crippen LogP contribution is -2.23. The molecule has 0 spiro atoms. The number of H-pyrrole nitrogens is 1. The molecule has 2 heterocycles. The van der Waals surface area contributed by atoms with Crippen molar-refractivity contribution < 1.29 is 9.36 Å². The Kier molecular flexibility index (Phi) is 4.21. The quantitative estimate of drug-likeness (QED) is 0.821. The Hall–Kier alpha value is -1.82. The fourth-order valence-corrected chi connectivity index (χ4v) is 2.10. The molecular formula is C13H16BrN4O+. The first-order valence-corrected chi connectivity index (χ1v) is 6.66. The maximum atomic E-state index is 11.7. The number of nitrogens with one attached hydrogen (secondary N) is 2. The summed E-state index contributed by atoms with van der Waals surface area (Å²) in [5.74, 6) is -0.118. The van der Waals surface area contributed by atoms with Gasteiger partial charge in [-0.05, 0) is 28.1 Å². The van der Waals surface area contributed by atoms with Gasteiger partial charge in [0.15, 0.2) is 5.69 Å². The zero-order valence-corrected chi connectivity index (χ0v) is 12.4. The van der Waals surface area contributed by atoms with Crippen molar-refractivity contribution in [1.29, 1.82) is 0 Å². The highest BCUT2D eigenvalue weighted by atomic mass is 79.9. The van der Waals surface area contributed by atoms with Crippen LogP contribution in [0.5, 0.6) is 0 Å². The van der Waals surface area contributed by atoms with Crippen molar-refractivity contribution in [3.8, 4) is 0 Å². The van der Waals surface area contributed by atoms with E-state index in [2.05, 4.69) is 26.2 Å². The number of halogens is 1. The molecule has 6 heteroatoms. The van der Waals surface area contributed by atoms with E-state index in [-0.39, 0.29) is 5.91 Å². The minimum absolute atomic E-state index is 0.118. The van der Waals surface area contributed by atoms with Crippen LogP contribution in [0.15, 0.2) is 35.3 Å². The molecule has 0 atom stereocenters. The van der Waals surface area contributed by atoms with Crippen molar-refractivity contribution in [2.45, 2.75) is 0 Å². The van der Waals surface area contributed by atoms with Gasteiger partial charge in [0, 0.05) is 17.2 Å². The molecule has 0 bridgehead atoms. The third kappa shape index (κ3) is 3.57. The molecule has 2 rings (SSSR count). The van der Waals surface area contributed by atoms with Crippen LogP contribution in [0, 0.1) is 0 Å². The summed E-state index contributed by atoms with van der Waals surface area (Å²) in [5.41, 5.74) is 1.63. The molecule has 2 N–H and O–H groups in total. The van der Waals surface area contributed by atoms with Gasteiger partial charge >= 0.3 is 0 Å². The van der Waals surface area contributed by atoms with Crippen LogP contribution in [0.4, 0.5) is 0 Å². The average Bonchev–Trinajstić information content (AvgIpc) is 2.91. The number of hydrogen-bond donors (Lipinski definition) is 2. The van der Waals surface area contributed by atoms with Crippen molar-refractivity contribution >= 4 is 27.9 Å². The Morgan fingerprint density at radius 1 is 1.63 bits per heavy atom. The molecule has 5 nitrogen and oxygen atoms in total. The second-order valence-electron chi connectivity index (χ2n) is 4.29. The lowest BCUT2D eigenvalue weighted by atomic mass is 10.3. The van der Waals surface area contributed by atoms with Gasteiger partial charge in [0.25, 0.3) is 5.91 Å². The number of hydrogen-bond acceptors (Lipinski definition) is 1. The Morgan fingerprint density at radius 2 is 2.42 bits per heavy atom. The summed E-state index contributed by atoms with van der Waals surface area (Å²) in [6.45, 7) is 0.490. The highest BCUT2D eigenvalue weighted by Crippen LogP contribution is 2.10. The SMILES string of the molecule is Cn1c[n+](C)cc1/C=C\CNC(=O)c1cc(Br)c[nH]1. The Bertz CT molecular complexity index is 612. The number of aromatic amines is 1. The molecule has 0 unspecified atom stereocenters. The number of nitrogens with zero attached hydrogens (tertiary/aromatic N) is 2. The van der Waals surface area contributed by atoms with Crippen LogP contribution in [0.2, 0.25) is 0 Å². The minimum Gasteiger partial charge on any atom is -0.356 e. The first-order chi connectivity index (χ1) is 9.06. The zero-order valence-electron chi connectivity index (χ0n) is 10.9. The molecule has 0 aromatic carbocycles. The average molecular weight is 324 g/mol. The fourth-order valence-electron chi connectivity index (χ4n) is 1.76. The predicted octanol–water partition coefficient (Wildman–Crippen LogP) is 1.38. The second kappa shape index (κ2) is 5.88. The van der Waals surface area contributed by atoms with E-state index in [1.54, 1.807) is 12.3 Å². The third-order valence-electron chi connectivity index (χ3n) is 2.66. The normalized spacial score (nSPS) is 11.1. The maximum Gasteiger partial charge on any atom is 0.267 e. The van der Waals surface area contributed by atoms with Crippen LogP contribution in [0.1, 0.15) is 16.2 Å². The van der Waals surface area contributed by atoms with Gasteiger partial charge in [-0.1, -0.05) is 6.08 Å². The molecule has 0 radical (unpaired) electrons. The molecular weight excluding hydrogens is 308 g/mol. The molecule has 1 amide bonds. The van der Waals surface area contributed by atoms with Crippen molar-refractivity contribution in [2.24, 2.45) is 14.1 Å². The van der Waals surface area contributed by atoms with Crippen LogP contribution in [0.3, 0.4) is 0 Å². The van der Waals surface area contributed by atoms with Crippen LogP contribution in [-0.4, -0.2) is 22.0 Å². The van der Waals surface area contributed by atoms with Gasteiger partial charge < -0.3 is 10.3 Å². The summed E-state index contributed by atoms with van der Waals surface area (Å²) in [6, 6.07) is 1.75. The summed E-state index contributed by atoms with van der Waals surface area (Å²) in [6.07, 6.45) is 9.62. The fraction of sp³-hybridized carbons (Fsp3) is 0.231. The molecule has 0 aliphatic rings. The van der Waals surface area contributed by atoms with Gasteiger partial charge in [-0.2, -0.15) is 0 Å². The highest BCUT2D eigenvalue weighted by molar-refractivity contribution is 9.10. The molecule has 0 saturated carbocycles. The van der Waals surface area contributed by atoms with Crippen LogP contribution in [-0.2, 0) is 14.1 Å². The van der Waals surface area contributed by atoms with Crippen molar-refractivity contribution in [1.82, 2.24) is 14.9 Å². The predicted molar refractivity (Wildman–Crippen MR) is 76.4 cm³/mol. The first-order valence-electron chi connectivity index (χ1n) is 5.86. The number of rotatable bonds is 4. The number of aryl methyl sites for hydroxylation is 2.